The lowest BCUT2D eigenvalue weighted by molar-refractivity contribution is 0.828. The molecule has 1 aliphatic heterocycles. The highest BCUT2D eigenvalue weighted by Gasteiger charge is 2.37. The fraction of sp³-hybridized carbons (Fsp3) is 0.0351. The zero-order valence-electron chi connectivity index (χ0n) is 34.5. The van der Waals surface area contributed by atoms with Gasteiger partial charge in [-0.05, 0) is 66.6 Å². The second-order valence-electron chi connectivity index (χ2n) is 16.7. The van der Waals surface area contributed by atoms with E-state index in [0.717, 1.165) is 78.0 Å². The predicted molar refractivity (Wildman–Crippen MR) is 262 cm³/mol. The lowest BCUT2D eigenvalue weighted by Gasteiger charge is -2.31. The molecule has 7 heteroatoms. The molecule has 0 bridgehead atoms. The second-order valence-corrected chi connectivity index (χ2v) is 16.7. The van der Waals surface area contributed by atoms with E-state index >= 15 is 0 Å². The third kappa shape index (κ3) is 4.89. The molecule has 0 saturated heterocycles. The van der Waals surface area contributed by atoms with Gasteiger partial charge in [0.2, 0.25) is 11.9 Å². The molecule has 0 amide bonds. The molecule has 0 fully saturated rings. The van der Waals surface area contributed by atoms with Crippen LogP contribution in [0, 0.1) is 0 Å². The number of rotatable bonds is 5. The average molecular weight is 820 g/mol. The average Bonchev–Trinajstić information content (AvgIpc) is 4.09. The van der Waals surface area contributed by atoms with Crippen LogP contribution < -0.4 is 4.90 Å². The van der Waals surface area contributed by atoms with Crippen molar-refractivity contribution in [1.29, 1.82) is 0 Å². The third-order valence-electron chi connectivity index (χ3n) is 13.4. The van der Waals surface area contributed by atoms with Crippen molar-refractivity contribution in [2.75, 3.05) is 4.90 Å². The molecular formula is C57H37N7. The van der Waals surface area contributed by atoms with E-state index in [1.807, 2.05) is 0 Å². The van der Waals surface area contributed by atoms with Gasteiger partial charge in [-0.15, -0.1) is 0 Å². The Bertz CT molecular complexity index is 3680. The molecule has 1 aliphatic carbocycles. The predicted octanol–water partition coefficient (Wildman–Crippen LogP) is 13.7. The van der Waals surface area contributed by atoms with Crippen LogP contribution in [0.1, 0.15) is 12.0 Å². The minimum atomic E-state index is 0.0880. The van der Waals surface area contributed by atoms with E-state index in [-0.39, 0.29) is 6.04 Å². The molecule has 14 rings (SSSR count). The Morgan fingerprint density at radius 2 is 0.781 bits per heavy atom. The van der Waals surface area contributed by atoms with Gasteiger partial charge in [0.1, 0.15) is 0 Å². The van der Waals surface area contributed by atoms with E-state index in [1.54, 1.807) is 0 Å². The first-order valence-electron chi connectivity index (χ1n) is 21.9. The summed E-state index contributed by atoms with van der Waals surface area (Å²) in [5, 5.41) is 6.95. The zero-order chi connectivity index (χ0) is 41.9. The van der Waals surface area contributed by atoms with Crippen LogP contribution >= 0.6 is 0 Å². The Labute approximate surface area is 367 Å². The van der Waals surface area contributed by atoms with Crippen molar-refractivity contribution in [2.24, 2.45) is 0 Å². The summed E-state index contributed by atoms with van der Waals surface area (Å²) in [6.07, 6.45) is 7.64. The van der Waals surface area contributed by atoms with Gasteiger partial charge in [-0.25, -0.2) is 0 Å². The van der Waals surface area contributed by atoms with Gasteiger partial charge in [0, 0.05) is 43.6 Å². The molecule has 5 heterocycles. The summed E-state index contributed by atoms with van der Waals surface area (Å²) in [7, 11) is 0. The van der Waals surface area contributed by atoms with Crippen molar-refractivity contribution in [1.82, 2.24) is 28.7 Å². The largest absolute Gasteiger partial charge is 0.332 e. The Morgan fingerprint density at radius 1 is 0.375 bits per heavy atom. The van der Waals surface area contributed by atoms with E-state index in [9.17, 15) is 0 Å². The molecule has 0 saturated carbocycles. The molecule has 0 radical (unpaired) electrons. The first-order valence-corrected chi connectivity index (χ1v) is 21.9. The summed E-state index contributed by atoms with van der Waals surface area (Å²) in [6.45, 7) is 0. The minimum absolute atomic E-state index is 0.0880. The fourth-order valence-corrected chi connectivity index (χ4v) is 10.8. The Kier molecular flexibility index (Phi) is 7.39. The molecule has 64 heavy (non-hydrogen) atoms. The van der Waals surface area contributed by atoms with E-state index < -0.39 is 0 Å². The Hall–Kier alpha value is -8.55. The van der Waals surface area contributed by atoms with Crippen LogP contribution in [-0.2, 0) is 0 Å². The van der Waals surface area contributed by atoms with Gasteiger partial charge in [-0.1, -0.05) is 152 Å². The number of aromatic nitrogens is 6. The molecule has 12 aromatic rings. The van der Waals surface area contributed by atoms with Crippen molar-refractivity contribution in [3.8, 4) is 29.0 Å². The number of hydrogen-bond acceptors (Lipinski definition) is 4. The molecule has 1 unspecified atom stereocenters. The minimum Gasteiger partial charge on any atom is -0.332 e. The van der Waals surface area contributed by atoms with Crippen LogP contribution in [0.25, 0.3) is 100.0 Å². The van der Waals surface area contributed by atoms with E-state index in [0.29, 0.717) is 17.7 Å². The second kappa shape index (κ2) is 13.5. The maximum atomic E-state index is 5.70. The highest BCUT2D eigenvalue weighted by Crippen LogP contribution is 2.51. The first kappa shape index (κ1) is 35.1. The third-order valence-corrected chi connectivity index (χ3v) is 13.4. The van der Waals surface area contributed by atoms with Crippen molar-refractivity contribution in [3.63, 3.8) is 0 Å². The van der Waals surface area contributed by atoms with Gasteiger partial charge in [0.25, 0.3) is 0 Å². The Morgan fingerprint density at radius 3 is 1.28 bits per heavy atom. The summed E-state index contributed by atoms with van der Waals surface area (Å²) in [5.41, 5.74) is 13.0. The van der Waals surface area contributed by atoms with Crippen molar-refractivity contribution >= 4 is 82.4 Å². The molecule has 300 valence electrons. The van der Waals surface area contributed by atoms with Crippen LogP contribution in [0.4, 0.5) is 11.4 Å². The summed E-state index contributed by atoms with van der Waals surface area (Å²) in [4.78, 5) is 19.5. The van der Waals surface area contributed by atoms with Crippen LogP contribution in [0.15, 0.2) is 206 Å². The number of anilines is 2. The molecular weight excluding hydrogens is 783 g/mol. The van der Waals surface area contributed by atoms with Gasteiger partial charge in [0.05, 0.1) is 56.1 Å². The smallest absolute Gasteiger partial charge is 0.240 e. The number of hydrogen-bond donors (Lipinski definition) is 0. The zero-order valence-corrected chi connectivity index (χ0v) is 34.5. The van der Waals surface area contributed by atoms with Gasteiger partial charge in [-0.2, -0.15) is 15.0 Å². The molecule has 0 spiro atoms. The molecule has 1 atom stereocenters. The summed E-state index contributed by atoms with van der Waals surface area (Å²) < 4.78 is 6.84. The monoisotopic (exact) mass is 819 g/mol. The van der Waals surface area contributed by atoms with E-state index in [4.69, 9.17) is 15.0 Å². The van der Waals surface area contributed by atoms with Gasteiger partial charge in [0.15, 0.2) is 5.82 Å². The van der Waals surface area contributed by atoms with Gasteiger partial charge < -0.3 is 9.47 Å². The number of fused-ring (bicyclic) bond motifs is 12. The fourth-order valence-electron chi connectivity index (χ4n) is 10.8. The van der Waals surface area contributed by atoms with E-state index in [1.165, 1.54) is 27.6 Å². The lowest BCUT2D eigenvalue weighted by atomic mass is 9.95. The van der Waals surface area contributed by atoms with Gasteiger partial charge in [-0.3, -0.25) is 9.13 Å². The van der Waals surface area contributed by atoms with E-state index in [2.05, 4.69) is 225 Å². The Balaban J connectivity index is 1.16. The quantitative estimate of drug-likeness (QED) is 0.174. The van der Waals surface area contributed by atoms with Crippen LogP contribution in [0.5, 0.6) is 0 Å². The molecule has 7 nitrogen and oxygen atoms in total. The molecule has 0 N–H and O–H groups in total. The molecule has 2 aliphatic rings. The summed E-state index contributed by atoms with van der Waals surface area (Å²) >= 11 is 0. The SMILES string of the molecule is C1=CCC2C(=C1)c1ccccc1N2c1cccc(-n2c3ccccc3c3ccccc32)c1-c1nc(-n2c3ccccc3c3ccccc32)nc(-n2c3ccccc3c3ccccc32)n1. The summed E-state index contributed by atoms with van der Waals surface area (Å²) in [6, 6.07) is 67.2. The number of nitrogens with zero attached hydrogens (tertiary/aromatic N) is 7. The van der Waals surface area contributed by atoms with Gasteiger partial charge >= 0.3 is 0 Å². The lowest BCUT2D eigenvalue weighted by Crippen LogP contribution is -2.28. The van der Waals surface area contributed by atoms with Crippen molar-refractivity contribution in [2.45, 2.75) is 12.5 Å². The van der Waals surface area contributed by atoms with Crippen molar-refractivity contribution in [3.05, 3.63) is 212 Å². The molecule has 4 aromatic heterocycles. The first-order chi connectivity index (χ1) is 31.8. The van der Waals surface area contributed by atoms with Crippen LogP contribution in [0.3, 0.4) is 0 Å². The molecule has 8 aromatic carbocycles. The highest BCUT2D eigenvalue weighted by molar-refractivity contribution is 6.12. The maximum absolute atomic E-state index is 5.70. The number of allylic oxidation sites excluding steroid dienone is 2. The number of para-hydroxylation sites is 7. The normalized spacial score (nSPS) is 14.7. The van der Waals surface area contributed by atoms with Crippen molar-refractivity contribution < 1.29 is 0 Å². The van der Waals surface area contributed by atoms with Crippen LogP contribution in [0.2, 0.25) is 0 Å². The number of benzene rings is 8. The topological polar surface area (TPSA) is 56.7 Å². The highest BCUT2D eigenvalue weighted by atomic mass is 15.3. The summed E-state index contributed by atoms with van der Waals surface area (Å²) in [5.74, 6) is 1.67. The standard InChI is InChI=1S/C57H37N7/c1-9-26-44-36(18-1)37-19-2-10-27-45(37)61(44)52-34-17-35-53(62-46-28-11-3-20-38(46)39-21-4-12-29-47(39)62)54(52)55-58-56(63-48-30-13-5-22-40(48)41-23-6-14-31-49(41)63)60-57(59-55)64-50-32-15-7-24-42(50)43-25-8-16-33-51(43)64/h1-28,30-35,47H,29H2. The maximum Gasteiger partial charge on any atom is 0.240 e. The van der Waals surface area contributed by atoms with Crippen LogP contribution in [-0.4, -0.2) is 34.7 Å².